The van der Waals surface area contributed by atoms with Gasteiger partial charge < -0.3 is 4.74 Å². The average Bonchev–Trinajstić information content (AvgIpc) is 2.40. The summed E-state index contributed by atoms with van der Waals surface area (Å²) in [7, 11) is 1.66. The molecule has 0 spiro atoms. The Labute approximate surface area is 102 Å². The Morgan fingerprint density at radius 3 is 2.18 bits per heavy atom. The van der Waals surface area contributed by atoms with Gasteiger partial charge in [0, 0.05) is 5.71 Å². The highest BCUT2D eigenvalue weighted by molar-refractivity contribution is 6.00. The Morgan fingerprint density at radius 1 is 0.941 bits per heavy atom. The van der Waals surface area contributed by atoms with Crippen molar-refractivity contribution in [2.45, 2.75) is 6.92 Å². The largest absolute Gasteiger partial charge is 0.497 e. The fraction of sp³-hybridized carbons (Fsp3) is 0.133. The molecule has 0 bridgehead atoms. The summed E-state index contributed by atoms with van der Waals surface area (Å²) in [6.45, 7) is 2.01. The molecule has 0 aliphatic heterocycles. The highest BCUT2D eigenvalue weighted by Gasteiger charge is 1.97. The number of rotatable bonds is 3. The summed E-state index contributed by atoms with van der Waals surface area (Å²) in [6.07, 6.45) is 0. The Kier molecular flexibility index (Phi) is 3.55. The first kappa shape index (κ1) is 11.4. The molecule has 0 atom stereocenters. The zero-order chi connectivity index (χ0) is 12.1. The molecule has 0 unspecified atom stereocenters. The fourth-order valence-corrected chi connectivity index (χ4v) is 1.59. The minimum Gasteiger partial charge on any atom is -0.497 e. The van der Waals surface area contributed by atoms with Gasteiger partial charge in [-0.05, 0) is 36.8 Å². The van der Waals surface area contributed by atoms with E-state index in [1.54, 1.807) is 7.11 Å². The number of ether oxygens (including phenoxy) is 1. The van der Waals surface area contributed by atoms with Crippen LogP contribution in [0.25, 0.3) is 0 Å². The molecule has 17 heavy (non-hydrogen) atoms. The van der Waals surface area contributed by atoms with Crippen LogP contribution < -0.4 is 4.74 Å². The maximum absolute atomic E-state index is 5.11. The number of hydrogen-bond donors (Lipinski definition) is 0. The topological polar surface area (TPSA) is 21.6 Å². The van der Waals surface area contributed by atoms with Crippen LogP contribution in [0.15, 0.2) is 59.6 Å². The predicted octanol–water partition coefficient (Wildman–Crippen LogP) is 3.84. The molecule has 0 radical (unpaired) electrons. The van der Waals surface area contributed by atoms with Crippen LogP contribution in [0.3, 0.4) is 0 Å². The molecule has 0 saturated carbocycles. The van der Waals surface area contributed by atoms with Crippen LogP contribution in [0.1, 0.15) is 12.5 Å². The van der Waals surface area contributed by atoms with Crippen molar-refractivity contribution in [3.05, 3.63) is 60.2 Å². The van der Waals surface area contributed by atoms with E-state index < -0.39 is 0 Å². The molecular formula is C15H15NO. The SMILES string of the molecule is COc1ccc(N=C(C)c2ccccc2)cc1. The third kappa shape index (κ3) is 2.94. The Morgan fingerprint density at radius 2 is 1.59 bits per heavy atom. The summed E-state index contributed by atoms with van der Waals surface area (Å²) in [5, 5.41) is 0. The van der Waals surface area contributed by atoms with Crippen molar-refractivity contribution in [3.63, 3.8) is 0 Å². The van der Waals surface area contributed by atoms with Crippen LogP contribution >= 0.6 is 0 Å². The normalized spacial score (nSPS) is 11.3. The second-order valence-corrected chi connectivity index (χ2v) is 3.76. The highest BCUT2D eigenvalue weighted by atomic mass is 16.5. The van der Waals surface area contributed by atoms with Gasteiger partial charge in [-0.25, -0.2) is 0 Å². The molecule has 0 fully saturated rings. The number of benzene rings is 2. The monoisotopic (exact) mass is 225 g/mol. The van der Waals surface area contributed by atoms with Gasteiger partial charge in [0.15, 0.2) is 0 Å². The minimum atomic E-state index is 0.848. The fourth-order valence-electron chi connectivity index (χ4n) is 1.59. The van der Waals surface area contributed by atoms with E-state index in [1.165, 1.54) is 0 Å². The van der Waals surface area contributed by atoms with Crippen molar-refractivity contribution in [1.82, 2.24) is 0 Å². The average molecular weight is 225 g/mol. The zero-order valence-corrected chi connectivity index (χ0v) is 10.1. The van der Waals surface area contributed by atoms with Crippen molar-refractivity contribution < 1.29 is 4.74 Å². The van der Waals surface area contributed by atoms with Gasteiger partial charge in [0.05, 0.1) is 12.8 Å². The zero-order valence-electron chi connectivity index (χ0n) is 10.1. The smallest absolute Gasteiger partial charge is 0.119 e. The third-order valence-electron chi connectivity index (χ3n) is 2.56. The molecule has 2 rings (SSSR count). The molecule has 2 heteroatoms. The Bertz CT molecular complexity index is 500. The lowest BCUT2D eigenvalue weighted by Crippen LogP contribution is -1.92. The van der Waals surface area contributed by atoms with Crippen molar-refractivity contribution in [2.24, 2.45) is 4.99 Å². The van der Waals surface area contributed by atoms with E-state index in [1.807, 2.05) is 49.4 Å². The predicted molar refractivity (Wildman–Crippen MR) is 71.3 cm³/mol. The van der Waals surface area contributed by atoms with Crippen molar-refractivity contribution in [1.29, 1.82) is 0 Å². The lowest BCUT2D eigenvalue weighted by atomic mass is 10.1. The van der Waals surface area contributed by atoms with Gasteiger partial charge in [-0.1, -0.05) is 30.3 Å². The molecule has 2 nitrogen and oxygen atoms in total. The van der Waals surface area contributed by atoms with Crippen molar-refractivity contribution >= 4 is 11.4 Å². The lowest BCUT2D eigenvalue weighted by Gasteiger charge is -2.02. The quantitative estimate of drug-likeness (QED) is 0.727. The highest BCUT2D eigenvalue weighted by Crippen LogP contribution is 2.18. The van der Waals surface area contributed by atoms with Crippen molar-refractivity contribution in [3.8, 4) is 5.75 Å². The molecule has 0 N–H and O–H groups in total. The van der Waals surface area contributed by atoms with E-state index in [-0.39, 0.29) is 0 Å². The summed E-state index contributed by atoms with van der Waals surface area (Å²) in [4.78, 5) is 4.57. The first-order chi connectivity index (χ1) is 8.29. The van der Waals surface area contributed by atoms with E-state index in [9.17, 15) is 0 Å². The van der Waals surface area contributed by atoms with Gasteiger partial charge in [-0.3, -0.25) is 4.99 Å². The Hall–Kier alpha value is -2.09. The first-order valence-electron chi connectivity index (χ1n) is 5.54. The number of hydrogen-bond acceptors (Lipinski definition) is 2. The van der Waals surface area contributed by atoms with E-state index in [2.05, 4.69) is 17.1 Å². The van der Waals surface area contributed by atoms with E-state index in [4.69, 9.17) is 4.74 Å². The van der Waals surface area contributed by atoms with Crippen LogP contribution in [0, 0.1) is 0 Å². The summed E-state index contributed by atoms with van der Waals surface area (Å²) >= 11 is 0. The standard InChI is InChI=1S/C15H15NO/c1-12(13-6-4-3-5-7-13)16-14-8-10-15(17-2)11-9-14/h3-11H,1-2H3. The van der Waals surface area contributed by atoms with Gasteiger partial charge in [0.25, 0.3) is 0 Å². The summed E-state index contributed by atoms with van der Waals surface area (Å²) in [5.41, 5.74) is 3.09. The van der Waals surface area contributed by atoms with Gasteiger partial charge >= 0.3 is 0 Å². The molecule has 0 aliphatic carbocycles. The van der Waals surface area contributed by atoms with Crippen LogP contribution in [0.5, 0.6) is 5.75 Å². The van der Waals surface area contributed by atoms with E-state index in [0.29, 0.717) is 0 Å². The molecule has 0 aliphatic rings. The van der Waals surface area contributed by atoms with Gasteiger partial charge in [0.1, 0.15) is 5.75 Å². The molecule has 86 valence electrons. The van der Waals surface area contributed by atoms with Crippen LogP contribution in [-0.2, 0) is 0 Å². The molecule has 2 aromatic rings. The second kappa shape index (κ2) is 5.30. The van der Waals surface area contributed by atoms with E-state index in [0.717, 1.165) is 22.7 Å². The van der Waals surface area contributed by atoms with E-state index >= 15 is 0 Å². The molecule has 0 aromatic heterocycles. The minimum absolute atomic E-state index is 0.848. The maximum atomic E-state index is 5.11. The molecule has 2 aromatic carbocycles. The van der Waals surface area contributed by atoms with Gasteiger partial charge in [-0.15, -0.1) is 0 Å². The number of nitrogens with zero attached hydrogens (tertiary/aromatic N) is 1. The molecule has 0 amide bonds. The van der Waals surface area contributed by atoms with Gasteiger partial charge in [-0.2, -0.15) is 0 Å². The molecule has 0 heterocycles. The molecule has 0 saturated heterocycles. The number of methoxy groups -OCH3 is 1. The number of aliphatic imine (C=N–C) groups is 1. The summed E-state index contributed by atoms with van der Waals surface area (Å²) in [6, 6.07) is 17.9. The second-order valence-electron chi connectivity index (χ2n) is 3.76. The van der Waals surface area contributed by atoms with Crippen LogP contribution in [0.4, 0.5) is 5.69 Å². The lowest BCUT2D eigenvalue weighted by molar-refractivity contribution is 0.415. The first-order valence-corrected chi connectivity index (χ1v) is 5.54. The summed E-state index contributed by atoms with van der Waals surface area (Å²) in [5.74, 6) is 0.848. The van der Waals surface area contributed by atoms with Crippen LogP contribution in [-0.4, -0.2) is 12.8 Å². The Balaban J connectivity index is 2.23. The van der Waals surface area contributed by atoms with Crippen molar-refractivity contribution in [2.75, 3.05) is 7.11 Å². The molecular weight excluding hydrogens is 210 g/mol. The summed E-state index contributed by atoms with van der Waals surface area (Å²) < 4.78 is 5.11. The third-order valence-corrected chi connectivity index (χ3v) is 2.56. The van der Waals surface area contributed by atoms with Gasteiger partial charge in [0.2, 0.25) is 0 Å². The van der Waals surface area contributed by atoms with Crippen LogP contribution in [0.2, 0.25) is 0 Å². The maximum Gasteiger partial charge on any atom is 0.119 e.